The minimum atomic E-state index is -0.236. The lowest BCUT2D eigenvalue weighted by Crippen LogP contribution is -2.24. The molecule has 5 heteroatoms. The van der Waals surface area contributed by atoms with Gasteiger partial charge in [0.25, 0.3) is 5.91 Å². The van der Waals surface area contributed by atoms with E-state index in [2.05, 4.69) is 22.2 Å². The van der Waals surface area contributed by atoms with E-state index in [0.717, 1.165) is 11.4 Å². The Balaban J connectivity index is 2.13. The highest BCUT2D eigenvalue weighted by Gasteiger charge is 2.06. The summed E-state index contributed by atoms with van der Waals surface area (Å²) in [6, 6.07) is 10.8. The van der Waals surface area contributed by atoms with Crippen LogP contribution in [-0.4, -0.2) is 17.4 Å². The first kappa shape index (κ1) is 14.1. The summed E-state index contributed by atoms with van der Waals surface area (Å²) in [7, 11) is 0. The van der Waals surface area contributed by atoms with Gasteiger partial charge in [-0.2, -0.15) is 0 Å². The first-order valence-electron chi connectivity index (χ1n) is 6.07. The number of nitrogens with one attached hydrogen (secondary N) is 2. The number of carbonyl (C=O) groups is 1. The van der Waals surface area contributed by atoms with Crippen LogP contribution in [0.4, 0.5) is 11.4 Å². The molecule has 4 nitrogen and oxygen atoms in total. The number of benzene rings is 1. The molecule has 102 valence electrons. The zero-order chi connectivity index (χ0) is 14.4. The zero-order valence-corrected chi connectivity index (χ0v) is 11.5. The van der Waals surface area contributed by atoms with Crippen molar-refractivity contribution in [3.05, 3.63) is 66.0 Å². The Morgan fingerprint density at radius 1 is 1.30 bits per heavy atom. The van der Waals surface area contributed by atoms with Crippen molar-refractivity contribution < 1.29 is 4.79 Å². The summed E-state index contributed by atoms with van der Waals surface area (Å²) < 4.78 is 0. The number of pyridine rings is 1. The summed E-state index contributed by atoms with van der Waals surface area (Å²) in [6.07, 6.45) is 3.20. The molecule has 0 unspecified atom stereocenters. The molecule has 1 heterocycles. The monoisotopic (exact) mass is 287 g/mol. The smallest absolute Gasteiger partial charge is 0.270 e. The van der Waals surface area contributed by atoms with Gasteiger partial charge in [-0.05, 0) is 30.3 Å². The predicted octanol–water partition coefficient (Wildman–Crippen LogP) is 3.39. The van der Waals surface area contributed by atoms with E-state index in [1.54, 1.807) is 36.5 Å². The van der Waals surface area contributed by atoms with E-state index in [9.17, 15) is 4.79 Å². The molecule has 0 saturated carbocycles. The number of halogens is 1. The predicted molar refractivity (Wildman–Crippen MR) is 81.5 cm³/mol. The van der Waals surface area contributed by atoms with Crippen molar-refractivity contribution in [2.75, 3.05) is 11.9 Å². The third-order valence-electron chi connectivity index (χ3n) is 2.51. The van der Waals surface area contributed by atoms with Gasteiger partial charge in [0, 0.05) is 29.1 Å². The molecule has 2 aromatic rings. The summed E-state index contributed by atoms with van der Waals surface area (Å²) >= 11 is 5.92. The van der Waals surface area contributed by atoms with Crippen LogP contribution in [0.2, 0.25) is 5.02 Å². The summed E-state index contributed by atoms with van der Waals surface area (Å²) in [4.78, 5) is 15.8. The molecule has 0 bridgehead atoms. The van der Waals surface area contributed by atoms with Gasteiger partial charge in [0.05, 0.1) is 0 Å². The van der Waals surface area contributed by atoms with Crippen LogP contribution < -0.4 is 10.6 Å². The van der Waals surface area contributed by atoms with Gasteiger partial charge in [-0.15, -0.1) is 6.58 Å². The van der Waals surface area contributed by atoms with E-state index in [4.69, 9.17) is 11.6 Å². The van der Waals surface area contributed by atoms with Crippen molar-refractivity contribution in [3.8, 4) is 0 Å². The Hall–Kier alpha value is -2.33. The lowest BCUT2D eigenvalue weighted by molar-refractivity contribution is 0.0953. The van der Waals surface area contributed by atoms with E-state index in [-0.39, 0.29) is 5.91 Å². The number of nitrogens with zero attached hydrogens (tertiary/aromatic N) is 1. The van der Waals surface area contributed by atoms with Crippen LogP contribution in [0.15, 0.2) is 55.3 Å². The molecule has 0 aliphatic carbocycles. The lowest BCUT2D eigenvalue weighted by atomic mass is 10.2. The fourth-order valence-corrected chi connectivity index (χ4v) is 1.81. The Kier molecular flexibility index (Phi) is 4.74. The normalized spacial score (nSPS) is 9.85. The van der Waals surface area contributed by atoms with Gasteiger partial charge in [0.1, 0.15) is 5.69 Å². The van der Waals surface area contributed by atoms with Gasteiger partial charge < -0.3 is 10.6 Å². The van der Waals surface area contributed by atoms with E-state index >= 15 is 0 Å². The van der Waals surface area contributed by atoms with Crippen molar-refractivity contribution in [2.45, 2.75) is 0 Å². The van der Waals surface area contributed by atoms with Gasteiger partial charge in [0.15, 0.2) is 0 Å². The molecule has 0 saturated heterocycles. The first-order valence-corrected chi connectivity index (χ1v) is 6.44. The van der Waals surface area contributed by atoms with Gasteiger partial charge in [-0.1, -0.05) is 23.7 Å². The maximum Gasteiger partial charge on any atom is 0.270 e. The summed E-state index contributed by atoms with van der Waals surface area (Å²) in [5.41, 5.74) is 1.96. The maximum atomic E-state index is 11.8. The fraction of sp³-hybridized carbons (Fsp3) is 0.0667. The molecule has 0 aliphatic rings. The van der Waals surface area contributed by atoms with Crippen LogP contribution in [0.5, 0.6) is 0 Å². The number of amides is 1. The van der Waals surface area contributed by atoms with Crippen molar-refractivity contribution >= 4 is 28.9 Å². The molecule has 2 N–H and O–H groups in total. The van der Waals surface area contributed by atoms with E-state index in [1.807, 2.05) is 12.1 Å². The minimum Gasteiger partial charge on any atom is -0.355 e. The highest BCUT2D eigenvalue weighted by molar-refractivity contribution is 6.30. The lowest BCUT2D eigenvalue weighted by Gasteiger charge is -2.08. The zero-order valence-electron chi connectivity index (χ0n) is 10.8. The van der Waals surface area contributed by atoms with E-state index in [0.29, 0.717) is 17.3 Å². The SMILES string of the molecule is C=CCNC(=O)c1cc(Nc2cccc(Cl)c2)ccn1. The van der Waals surface area contributed by atoms with Crippen LogP contribution >= 0.6 is 11.6 Å². The van der Waals surface area contributed by atoms with Gasteiger partial charge in [-0.3, -0.25) is 9.78 Å². The Labute approximate surface area is 122 Å². The van der Waals surface area contributed by atoms with Crippen LogP contribution in [0.1, 0.15) is 10.5 Å². The molecule has 2 rings (SSSR count). The number of anilines is 2. The van der Waals surface area contributed by atoms with E-state index < -0.39 is 0 Å². The second kappa shape index (κ2) is 6.73. The average Bonchev–Trinajstić information content (AvgIpc) is 2.45. The van der Waals surface area contributed by atoms with Crippen molar-refractivity contribution in [3.63, 3.8) is 0 Å². The molecule has 0 atom stereocenters. The highest BCUT2D eigenvalue weighted by Crippen LogP contribution is 2.20. The Bertz CT molecular complexity index is 628. The largest absolute Gasteiger partial charge is 0.355 e. The third kappa shape index (κ3) is 3.83. The third-order valence-corrected chi connectivity index (χ3v) is 2.75. The second-order valence-electron chi connectivity index (χ2n) is 4.06. The minimum absolute atomic E-state index is 0.236. The second-order valence-corrected chi connectivity index (χ2v) is 4.50. The Morgan fingerprint density at radius 3 is 2.85 bits per heavy atom. The van der Waals surface area contributed by atoms with Crippen LogP contribution in [0.25, 0.3) is 0 Å². The summed E-state index contributed by atoms with van der Waals surface area (Å²) in [6.45, 7) is 3.96. The fourth-order valence-electron chi connectivity index (χ4n) is 1.62. The van der Waals surface area contributed by atoms with E-state index in [1.165, 1.54) is 0 Å². The Morgan fingerprint density at radius 2 is 2.10 bits per heavy atom. The number of carbonyl (C=O) groups excluding carboxylic acids is 1. The van der Waals surface area contributed by atoms with Gasteiger partial charge in [-0.25, -0.2) is 0 Å². The molecule has 0 spiro atoms. The maximum absolute atomic E-state index is 11.8. The van der Waals surface area contributed by atoms with Gasteiger partial charge in [0.2, 0.25) is 0 Å². The molecule has 1 aromatic carbocycles. The quantitative estimate of drug-likeness (QED) is 0.829. The number of rotatable bonds is 5. The molecule has 20 heavy (non-hydrogen) atoms. The van der Waals surface area contributed by atoms with Gasteiger partial charge >= 0.3 is 0 Å². The standard InChI is InChI=1S/C15H14ClN3O/c1-2-7-18-15(20)14-10-13(6-8-17-14)19-12-5-3-4-11(16)9-12/h2-6,8-10H,1,7H2,(H,17,19)(H,18,20). The number of hydrogen-bond acceptors (Lipinski definition) is 3. The topological polar surface area (TPSA) is 54.0 Å². The van der Waals surface area contributed by atoms with Crippen LogP contribution in [-0.2, 0) is 0 Å². The van der Waals surface area contributed by atoms with Crippen molar-refractivity contribution in [2.24, 2.45) is 0 Å². The first-order chi connectivity index (χ1) is 9.69. The summed E-state index contributed by atoms with van der Waals surface area (Å²) in [5.74, 6) is -0.236. The molecule has 0 fully saturated rings. The molecule has 1 aromatic heterocycles. The van der Waals surface area contributed by atoms with Crippen molar-refractivity contribution in [1.82, 2.24) is 10.3 Å². The molecule has 1 amide bonds. The molecule has 0 aliphatic heterocycles. The van der Waals surface area contributed by atoms with Crippen molar-refractivity contribution in [1.29, 1.82) is 0 Å². The molecular weight excluding hydrogens is 274 g/mol. The van der Waals surface area contributed by atoms with Crippen LogP contribution in [0, 0.1) is 0 Å². The molecular formula is C15H14ClN3O. The summed E-state index contributed by atoms with van der Waals surface area (Å²) in [5, 5.41) is 6.50. The highest BCUT2D eigenvalue weighted by atomic mass is 35.5. The van der Waals surface area contributed by atoms with Crippen LogP contribution in [0.3, 0.4) is 0 Å². The number of hydrogen-bond donors (Lipinski definition) is 2. The molecule has 0 radical (unpaired) electrons. The average molecular weight is 288 g/mol. The number of aromatic nitrogens is 1.